The molecule has 0 fully saturated rings. The van der Waals surface area contributed by atoms with E-state index in [0.717, 1.165) is 0 Å². The molecule has 22 heavy (non-hydrogen) atoms. The van der Waals surface area contributed by atoms with Crippen LogP contribution in [-0.4, -0.2) is 23.6 Å². The summed E-state index contributed by atoms with van der Waals surface area (Å²) in [7, 11) is 0. The van der Waals surface area contributed by atoms with Crippen molar-refractivity contribution in [1.29, 1.82) is 0 Å². The van der Waals surface area contributed by atoms with Crippen molar-refractivity contribution in [3.63, 3.8) is 0 Å². The standard InChI is InChI=1S/C16H14FNO4/c1-10-6-7-11(17)8-13(10)18-15(20)9-22-16(21)12-4-2-3-5-14(12)19/h2-8,19H,9H2,1H3,(H,18,20). The molecule has 2 N–H and O–H groups in total. The van der Waals surface area contributed by atoms with Gasteiger partial charge in [0.1, 0.15) is 17.1 Å². The van der Waals surface area contributed by atoms with Crippen molar-refractivity contribution >= 4 is 17.6 Å². The van der Waals surface area contributed by atoms with E-state index in [1.54, 1.807) is 19.1 Å². The zero-order valence-corrected chi connectivity index (χ0v) is 11.8. The third-order valence-electron chi connectivity index (χ3n) is 2.93. The van der Waals surface area contributed by atoms with Gasteiger partial charge in [-0.25, -0.2) is 9.18 Å². The van der Waals surface area contributed by atoms with Crippen LogP contribution < -0.4 is 5.32 Å². The summed E-state index contributed by atoms with van der Waals surface area (Å²) in [5.74, 6) is -2.12. The van der Waals surface area contributed by atoms with Gasteiger partial charge in [0.15, 0.2) is 6.61 Å². The third-order valence-corrected chi connectivity index (χ3v) is 2.93. The lowest BCUT2D eigenvalue weighted by Crippen LogP contribution is -2.21. The summed E-state index contributed by atoms with van der Waals surface area (Å²) in [6.45, 7) is 1.17. The van der Waals surface area contributed by atoms with Gasteiger partial charge < -0.3 is 15.2 Å². The zero-order valence-electron chi connectivity index (χ0n) is 11.8. The van der Waals surface area contributed by atoms with Crippen LogP contribution in [0.15, 0.2) is 42.5 Å². The molecule has 2 aromatic rings. The largest absolute Gasteiger partial charge is 0.507 e. The molecule has 0 heterocycles. The SMILES string of the molecule is Cc1ccc(F)cc1NC(=O)COC(=O)c1ccccc1O. The number of amides is 1. The van der Waals surface area contributed by atoms with Crippen molar-refractivity contribution in [2.75, 3.05) is 11.9 Å². The minimum atomic E-state index is -0.816. The molecule has 6 heteroatoms. The topological polar surface area (TPSA) is 75.6 Å². The van der Waals surface area contributed by atoms with E-state index in [1.807, 2.05) is 0 Å². The Labute approximate surface area is 126 Å². The van der Waals surface area contributed by atoms with Crippen LogP contribution in [0.1, 0.15) is 15.9 Å². The minimum Gasteiger partial charge on any atom is -0.507 e. The monoisotopic (exact) mass is 303 g/mol. The van der Waals surface area contributed by atoms with Crippen LogP contribution in [0.4, 0.5) is 10.1 Å². The molecule has 0 bridgehead atoms. The van der Waals surface area contributed by atoms with E-state index in [9.17, 15) is 19.1 Å². The number of hydrogen-bond acceptors (Lipinski definition) is 4. The number of phenolic OH excluding ortho intramolecular Hbond substituents is 1. The smallest absolute Gasteiger partial charge is 0.342 e. The summed E-state index contributed by atoms with van der Waals surface area (Å²) in [5, 5.41) is 12.0. The number of para-hydroxylation sites is 1. The van der Waals surface area contributed by atoms with Crippen molar-refractivity contribution in [3.8, 4) is 5.75 Å². The van der Waals surface area contributed by atoms with E-state index in [1.165, 1.54) is 30.3 Å². The van der Waals surface area contributed by atoms with Gasteiger partial charge in [-0.2, -0.15) is 0 Å². The zero-order chi connectivity index (χ0) is 16.1. The highest BCUT2D eigenvalue weighted by molar-refractivity contribution is 5.97. The van der Waals surface area contributed by atoms with Gasteiger partial charge in [-0.15, -0.1) is 0 Å². The molecule has 1 amide bonds. The average Bonchev–Trinajstić information content (AvgIpc) is 2.49. The number of esters is 1. The van der Waals surface area contributed by atoms with Crippen molar-refractivity contribution in [1.82, 2.24) is 0 Å². The maximum Gasteiger partial charge on any atom is 0.342 e. The van der Waals surface area contributed by atoms with E-state index >= 15 is 0 Å². The molecular weight excluding hydrogens is 289 g/mol. The fourth-order valence-electron chi connectivity index (χ4n) is 1.77. The Bertz CT molecular complexity index is 715. The van der Waals surface area contributed by atoms with Crippen molar-refractivity contribution in [2.45, 2.75) is 6.92 Å². The first-order valence-corrected chi connectivity index (χ1v) is 6.48. The molecule has 0 spiro atoms. The summed E-state index contributed by atoms with van der Waals surface area (Å²) >= 11 is 0. The molecule has 0 radical (unpaired) electrons. The number of anilines is 1. The Morgan fingerprint density at radius 3 is 2.68 bits per heavy atom. The van der Waals surface area contributed by atoms with Gasteiger partial charge in [0.2, 0.25) is 0 Å². The highest BCUT2D eigenvalue weighted by Gasteiger charge is 2.14. The number of halogens is 1. The second-order valence-electron chi connectivity index (χ2n) is 4.60. The molecule has 0 saturated heterocycles. The summed E-state index contributed by atoms with van der Waals surface area (Å²) in [4.78, 5) is 23.4. The first-order valence-electron chi connectivity index (χ1n) is 6.48. The first kappa shape index (κ1) is 15.5. The van der Waals surface area contributed by atoms with E-state index in [-0.39, 0.29) is 11.3 Å². The maximum absolute atomic E-state index is 13.1. The van der Waals surface area contributed by atoms with Gasteiger partial charge in [-0.1, -0.05) is 18.2 Å². The second kappa shape index (κ2) is 6.71. The number of benzene rings is 2. The minimum absolute atomic E-state index is 0.0303. The molecule has 0 unspecified atom stereocenters. The van der Waals surface area contributed by atoms with Gasteiger partial charge in [0, 0.05) is 5.69 Å². The second-order valence-corrected chi connectivity index (χ2v) is 4.60. The normalized spacial score (nSPS) is 10.1. The summed E-state index contributed by atoms with van der Waals surface area (Å²) < 4.78 is 17.9. The number of hydrogen-bond donors (Lipinski definition) is 2. The highest BCUT2D eigenvalue weighted by atomic mass is 19.1. The first-order chi connectivity index (χ1) is 10.5. The summed E-state index contributed by atoms with van der Waals surface area (Å²) in [6, 6.07) is 9.83. The Morgan fingerprint density at radius 2 is 1.95 bits per heavy atom. The Morgan fingerprint density at radius 1 is 1.23 bits per heavy atom. The lowest BCUT2D eigenvalue weighted by atomic mass is 10.2. The molecular formula is C16H14FNO4. The van der Waals surface area contributed by atoms with Crippen molar-refractivity contribution < 1.29 is 23.8 Å². The molecule has 5 nitrogen and oxygen atoms in total. The predicted molar refractivity (Wildman–Crippen MR) is 78.2 cm³/mol. The van der Waals surface area contributed by atoms with E-state index in [4.69, 9.17) is 4.74 Å². The number of aromatic hydroxyl groups is 1. The average molecular weight is 303 g/mol. The quantitative estimate of drug-likeness (QED) is 0.851. The molecule has 0 aliphatic carbocycles. The number of aryl methyl sites for hydroxylation is 1. The van der Waals surface area contributed by atoms with Gasteiger partial charge in [0.25, 0.3) is 5.91 Å². The molecule has 2 aromatic carbocycles. The number of rotatable bonds is 4. The van der Waals surface area contributed by atoms with Crippen LogP contribution in [0.5, 0.6) is 5.75 Å². The molecule has 0 atom stereocenters. The number of carbonyl (C=O) groups excluding carboxylic acids is 2. The van der Waals surface area contributed by atoms with Crippen LogP contribution in [-0.2, 0) is 9.53 Å². The predicted octanol–water partition coefficient (Wildman–Crippen LogP) is 2.64. The number of phenols is 1. The van der Waals surface area contributed by atoms with Crippen LogP contribution in [0.2, 0.25) is 0 Å². The van der Waals surface area contributed by atoms with Gasteiger partial charge in [-0.05, 0) is 36.8 Å². The van der Waals surface area contributed by atoms with Crippen LogP contribution in [0.25, 0.3) is 0 Å². The van der Waals surface area contributed by atoms with Gasteiger partial charge in [0.05, 0.1) is 0 Å². The van der Waals surface area contributed by atoms with E-state index < -0.39 is 24.3 Å². The molecule has 0 aliphatic rings. The highest BCUT2D eigenvalue weighted by Crippen LogP contribution is 2.17. The van der Waals surface area contributed by atoms with Crippen LogP contribution in [0, 0.1) is 12.7 Å². The lowest BCUT2D eigenvalue weighted by molar-refractivity contribution is -0.119. The Kier molecular flexibility index (Phi) is 4.73. The van der Waals surface area contributed by atoms with Gasteiger partial charge >= 0.3 is 5.97 Å². The lowest BCUT2D eigenvalue weighted by Gasteiger charge is -2.09. The number of nitrogens with one attached hydrogen (secondary N) is 1. The summed E-state index contributed by atoms with van der Waals surface area (Å²) in [6.07, 6.45) is 0. The van der Waals surface area contributed by atoms with E-state index in [2.05, 4.69) is 5.32 Å². The van der Waals surface area contributed by atoms with Crippen molar-refractivity contribution in [2.24, 2.45) is 0 Å². The Balaban J connectivity index is 1.94. The fraction of sp³-hybridized carbons (Fsp3) is 0.125. The molecule has 0 aliphatic heterocycles. The molecule has 0 aromatic heterocycles. The van der Waals surface area contributed by atoms with Gasteiger partial charge in [-0.3, -0.25) is 4.79 Å². The van der Waals surface area contributed by atoms with E-state index in [0.29, 0.717) is 11.3 Å². The molecule has 2 rings (SSSR count). The van der Waals surface area contributed by atoms with Crippen molar-refractivity contribution in [3.05, 3.63) is 59.4 Å². The third kappa shape index (κ3) is 3.82. The fourth-order valence-corrected chi connectivity index (χ4v) is 1.77. The number of carbonyl (C=O) groups is 2. The molecule has 0 saturated carbocycles. The maximum atomic E-state index is 13.1. The van der Waals surface area contributed by atoms with Crippen LogP contribution in [0.3, 0.4) is 0 Å². The summed E-state index contributed by atoms with van der Waals surface area (Å²) in [5.41, 5.74) is 0.961. The van der Waals surface area contributed by atoms with Crippen LogP contribution >= 0.6 is 0 Å². The Hall–Kier alpha value is -2.89. The molecule has 114 valence electrons. The number of ether oxygens (including phenoxy) is 1.